The van der Waals surface area contributed by atoms with E-state index < -0.39 is 10.0 Å². The van der Waals surface area contributed by atoms with E-state index in [1.165, 1.54) is 0 Å². The summed E-state index contributed by atoms with van der Waals surface area (Å²) in [6, 6.07) is 0.0626. The second kappa shape index (κ2) is 5.22. The van der Waals surface area contributed by atoms with Gasteiger partial charge in [-0.2, -0.15) is 9.40 Å². The molecule has 0 radical (unpaired) electrons. The minimum absolute atomic E-state index is 0.0626. The highest BCUT2D eigenvalue weighted by Crippen LogP contribution is 2.30. The van der Waals surface area contributed by atoms with Gasteiger partial charge in [-0.25, -0.2) is 8.42 Å². The number of nitrogens with one attached hydrogen (secondary N) is 1. The molecule has 0 spiro atoms. The first kappa shape index (κ1) is 14.5. The molecule has 1 unspecified atom stereocenters. The van der Waals surface area contributed by atoms with Crippen LogP contribution in [0.4, 0.5) is 0 Å². The molecule has 0 aliphatic carbocycles. The third-order valence-electron chi connectivity index (χ3n) is 3.81. The van der Waals surface area contributed by atoms with Crippen LogP contribution >= 0.6 is 0 Å². The quantitative estimate of drug-likeness (QED) is 0.863. The molecule has 0 saturated carbocycles. The minimum Gasteiger partial charge on any atom is -0.326 e. The lowest BCUT2D eigenvalue weighted by atomic mass is 10.0. The van der Waals surface area contributed by atoms with E-state index in [1.807, 2.05) is 0 Å². The zero-order chi connectivity index (χ0) is 14.2. The largest absolute Gasteiger partial charge is 0.326 e. The Hall–Kier alpha value is -0.920. The smallest absolute Gasteiger partial charge is 0.262 e. The van der Waals surface area contributed by atoms with Gasteiger partial charge in [-0.3, -0.25) is 5.10 Å². The van der Waals surface area contributed by atoms with Crippen molar-refractivity contribution in [2.45, 2.75) is 51.2 Å². The van der Waals surface area contributed by atoms with Crippen LogP contribution in [0.15, 0.2) is 5.03 Å². The molecule has 0 bridgehead atoms. The molecule has 1 aromatic heterocycles. The molecule has 6 nitrogen and oxygen atoms in total. The van der Waals surface area contributed by atoms with Gasteiger partial charge in [-0.1, -0.05) is 13.8 Å². The van der Waals surface area contributed by atoms with Crippen LogP contribution < -0.4 is 5.73 Å². The van der Waals surface area contributed by atoms with E-state index in [1.54, 1.807) is 11.2 Å². The van der Waals surface area contributed by atoms with E-state index >= 15 is 0 Å². The maximum absolute atomic E-state index is 12.7. The van der Waals surface area contributed by atoms with Gasteiger partial charge in [0.2, 0.25) is 0 Å². The number of hydrogen-bond donors (Lipinski definition) is 2. The Morgan fingerprint density at radius 3 is 2.79 bits per heavy atom. The van der Waals surface area contributed by atoms with Crippen LogP contribution in [0.5, 0.6) is 0 Å². The summed E-state index contributed by atoms with van der Waals surface area (Å²) in [5, 5.41) is 6.79. The van der Waals surface area contributed by atoms with Crippen LogP contribution in [0.25, 0.3) is 0 Å². The summed E-state index contributed by atoms with van der Waals surface area (Å²) in [5.41, 5.74) is 6.96. The zero-order valence-electron chi connectivity index (χ0n) is 11.7. The van der Waals surface area contributed by atoms with E-state index in [-0.39, 0.29) is 17.6 Å². The third-order valence-corrected chi connectivity index (χ3v) is 5.71. The highest BCUT2D eigenvalue weighted by Gasteiger charge is 2.39. The molecule has 1 aliphatic heterocycles. The van der Waals surface area contributed by atoms with E-state index in [0.717, 1.165) is 18.5 Å². The van der Waals surface area contributed by atoms with Gasteiger partial charge in [0.15, 0.2) is 5.03 Å². The second-order valence-corrected chi connectivity index (χ2v) is 7.21. The molecule has 3 N–H and O–H groups in total. The summed E-state index contributed by atoms with van der Waals surface area (Å²) in [6.07, 6.45) is 1.82. The lowest BCUT2D eigenvalue weighted by Crippen LogP contribution is -2.39. The Morgan fingerprint density at radius 1 is 1.53 bits per heavy atom. The first-order valence-corrected chi connectivity index (χ1v) is 8.09. The number of aromatic amines is 1. The number of hydrogen-bond acceptors (Lipinski definition) is 4. The fraction of sp³-hybridized carbons (Fsp3) is 0.750. The fourth-order valence-electron chi connectivity index (χ4n) is 2.73. The molecule has 1 aliphatic rings. The van der Waals surface area contributed by atoms with Crippen molar-refractivity contribution < 1.29 is 8.42 Å². The van der Waals surface area contributed by atoms with Crippen LogP contribution in [0.1, 0.15) is 37.9 Å². The molecule has 1 fully saturated rings. The normalized spacial score (nSPS) is 21.4. The molecule has 0 amide bonds. The number of nitrogens with two attached hydrogens (primary N) is 1. The number of aryl methyl sites for hydroxylation is 1. The van der Waals surface area contributed by atoms with Gasteiger partial charge in [0, 0.05) is 30.4 Å². The van der Waals surface area contributed by atoms with E-state index in [4.69, 9.17) is 5.73 Å². The summed E-state index contributed by atoms with van der Waals surface area (Å²) in [5.74, 6) is 0.304. The second-order valence-electron chi connectivity index (χ2n) is 5.41. The molecule has 0 aromatic carbocycles. The van der Waals surface area contributed by atoms with Gasteiger partial charge in [0.25, 0.3) is 10.0 Å². The van der Waals surface area contributed by atoms with Gasteiger partial charge >= 0.3 is 0 Å². The number of nitrogens with zero attached hydrogens (tertiary/aromatic N) is 2. The Labute approximate surface area is 114 Å². The zero-order valence-corrected chi connectivity index (χ0v) is 12.5. The van der Waals surface area contributed by atoms with Gasteiger partial charge < -0.3 is 5.73 Å². The van der Waals surface area contributed by atoms with Crippen LogP contribution in [0.2, 0.25) is 0 Å². The average molecular weight is 286 g/mol. The van der Waals surface area contributed by atoms with Crippen LogP contribution in [-0.4, -0.2) is 35.5 Å². The first-order valence-electron chi connectivity index (χ1n) is 6.65. The lowest BCUT2D eigenvalue weighted by molar-refractivity contribution is 0.314. The van der Waals surface area contributed by atoms with Gasteiger partial charge in [-0.15, -0.1) is 0 Å². The van der Waals surface area contributed by atoms with E-state index in [9.17, 15) is 8.42 Å². The molecular weight excluding hydrogens is 264 g/mol. The van der Waals surface area contributed by atoms with E-state index in [2.05, 4.69) is 24.0 Å². The molecule has 108 valence electrons. The van der Waals surface area contributed by atoms with Crippen molar-refractivity contribution in [2.24, 2.45) is 11.7 Å². The van der Waals surface area contributed by atoms with Crippen molar-refractivity contribution >= 4 is 10.0 Å². The van der Waals surface area contributed by atoms with Crippen LogP contribution in [-0.2, 0) is 16.6 Å². The predicted octanol–water partition coefficient (Wildman–Crippen LogP) is 0.986. The Balaban J connectivity index is 2.42. The van der Waals surface area contributed by atoms with E-state index in [0.29, 0.717) is 18.0 Å². The molecule has 1 aromatic rings. The summed E-state index contributed by atoms with van der Waals surface area (Å²) in [6.45, 7) is 6.65. The van der Waals surface area contributed by atoms with Crippen molar-refractivity contribution in [1.29, 1.82) is 0 Å². The number of rotatable bonds is 4. The van der Waals surface area contributed by atoms with Crippen LogP contribution in [0.3, 0.4) is 0 Å². The predicted molar refractivity (Wildman–Crippen MR) is 73.0 cm³/mol. The molecule has 7 heteroatoms. The third kappa shape index (κ3) is 2.42. The average Bonchev–Trinajstić information content (AvgIpc) is 2.94. The highest BCUT2D eigenvalue weighted by atomic mass is 32.2. The molecule has 19 heavy (non-hydrogen) atoms. The van der Waals surface area contributed by atoms with Gasteiger partial charge in [-0.05, 0) is 25.7 Å². The number of H-pyrrole nitrogens is 1. The standard InChI is InChI=1S/C12H22N4O2S/c1-8(2)11-5-4-6-16(11)19(17,18)12-10(7-13)9(3)14-15-12/h8,11H,4-7,13H2,1-3H3,(H,14,15). The topological polar surface area (TPSA) is 92.1 Å². The minimum atomic E-state index is -3.54. The Bertz CT molecular complexity index is 550. The fourth-order valence-corrected chi connectivity index (χ4v) is 4.73. The summed E-state index contributed by atoms with van der Waals surface area (Å²) >= 11 is 0. The molecule has 2 rings (SSSR count). The number of aromatic nitrogens is 2. The molecule has 1 atom stereocenters. The number of sulfonamides is 1. The Kier molecular flexibility index (Phi) is 3.98. The molecule has 1 saturated heterocycles. The Morgan fingerprint density at radius 2 is 2.21 bits per heavy atom. The highest BCUT2D eigenvalue weighted by molar-refractivity contribution is 7.89. The van der Waals surface area contributed by atoms with Crippen molar-refractivity contribution in [2.75, 3.05) is 6.54 Å². The van der Waals surface area contributed by atoms with Crippen molar-refractivity contribution in [3.8, 4) is 0 Å². The molecular formula is C12H22N4O2S. The van der Waals surface area contributed by atoms with Gasteiger partial charge in [0.05, 0.1) is 0 Å². The summed E-state index contributed by atoms with van der Waals surface area (Å²) < 4.78 is 27.1. The maximum atomic E-state index is 12.7. The first-order chi connectivity index (χ1) is 8.89. The van der Waals surface area contributed by atoms with Crippen molar-refractivity contribution in [1.82, 2.24) is 14.5 Å². The van der Waals surface area contributed by atoms with Crippen molar-refractivity contribution in [3.05, 3.63) is 11.3 Å². The summed E-state index contributed by atoms with van der Waals surface area (Å²) in [7, 11) is -3.54. The van der Waals surface area contributed by atoms with Crippen LogP contribution in [0, 0.1) is 12.8 Å². The van der Waals surface area contributed by atoms with Gasteiger partial charge in [0.1, 0.15) is 0 Å². The summed E-state index contributed by atoms with van der Waals surface area (Å²) in [4.78, 5) is 0. The molecule has 2 heterocycles. The monoisotopic (exact) mass is 286 g/mol. The SMILES string of the molecule is Cc1[nH]nc(S(=O)(=O)N2CCCC2C(C)C)c1CN. The maximum Gasteiger partial charge on any atom is 0.262 e. The lowest BCUT2D eigenvalue weighted by Gasteiger charge is -2.26. The van der Waals surface area contributed by atoms with Crippen molar-refractivity contribution in [3.63, 3.8) is 0 Å².